The van der Waals surface area contributed by atoms with Crippen molar-refractivity contribution in [1.29, 1.82) is 0 Å². The molecule has 0 bridgehead atoms. The third-order valence-electron chi connectivity index (χ3n) is 4.42. The van der Waals surface area contributed by atoms with Crippen molar-refractivity contribution in [2.24, 2.45) is 0 Å². The number of carbonyl (C=O) groups excluding carboxylic acids is 3. The fraction of sp³-hybridized carbons (Fsp3) is 0.500. The lowest BCUT2D eigenvalue weighted by Gasteiger charge is -2.34. The van der Waals surface area contributed by atoms with E-state index in [2.05, 4.69) is 0 Å². The summed E-state index contributed by atoms with van der Waals surface area (Å²) in [5, 5.41) is 0. The quantitative estimate of drug-likeness (QED) is 0.839. The lowest BCUT2D eigenvalue weighted by atomic mass is 10.1. The summed E-state index contributed by atoms with van der Waals surface area (Å²) in [6.07, 6.45) is 0. The summed E-state index contributed by atoms with van der Waals surface area (Å²) in [6.45, 7) is 8.84. The average Bonchev–Trinajstić information content (AvgIpc) is 2.62. The van der Waals surface area contributed by atoms with E-state index in [1.54, 1.807) is 45.9 Å². The number of rotatable bonds is 4. The Kier molecular flexibility index (Phi) is 5.95. The normalized spacial score (nSPS) is 14.5. The Morgan fingerprint density at radius 3 is 2.04 bits per heavy atom. The highest BCUT2D eigenvalue weighted by Crippen LogP contribution is 2.13. The van der Waals surface area contributed by atoms with E-state index >= 15 is 0 Å². The predicted molar refractivity (Wildman–Crippen MR) is 91.9 cm³/mol. The molecule has 0 unspecified atom stereocenters. The van der Waals surface area contributed by atoms with Gasteiger partial charge in [0.2, 0.25) is 5.91 Å². The minimum atomic E-state index is -0.0904. The molecule has 0 N–H and O–H groups in total. The molecule has 1 aromatic carbocycles. The number of carbonyl (C=O) groups is 3. The maximum Gasteiger partial charge on any atom is 0.253 e. The summed E-state index contributed by atoms with van der Waals surface area (Å²) < 4.78 is 0. The lowest BCUT2D eigenvalue weighted by Crippen LogP contribution is -2.50. The minimum absolute atomic E-state index is 0.0360. The first-order valence-corrected chi connectivity index (χ1v) is 8.42. The number of nitrogens with zero attached hydrogens (tertiary/aromatic N) is 3. The van der Waals surface area contributed by atoms with Crippen molar-refractivity contribution in [2.45, 2.75) is 20.8 Å². The van der Waals surface area contributed by atoms with E-state index < -0.39 is 0 Å². The number of hydrogen-bond acceptors (Lipinski definition) is 3. The van der Waals surface area contributed by atoms with Crippen molar-refractivity contribution < 1.29 is 14.4 Å². The van der Waals surface area contributed by atoms with Crippen molar-refractivity contribution in [3.8, 4) is 0 Å². The number of benzene rings is 1. The highest BCUT2D eigenvalue weighted by molar-refractivity contribution is 5.99. The molecule has 130 valence electrons. The Hall–Kier alpha value is -2.37. The second-order valence-corrected chi connectivity index (χ2v) is 5.86. The number of amides is 3. The molecule has 1 fully saturated rings. The summed E-state index contributed by atoms with van der Waals surface area (Å²) in [5.74, 6) is -0.114. The van der Waals surface area contributed by atoms with Gasteiger partial charge in [-0.3, -0.25) is 14.4 Å². The van der Waals surface area contributed by atoms with Crippen molar-refractivity contribution in [1.82, 2.24) is 14.7 Å². The van der Waals surface area contributed by atoms with Gasteiger partial charge in [0.05, 0.1) is 0 Å². The second-order valence-electron chi connectivity index (χ2n) is 5.86. The highest BCUT2D eigenvalue weighted by Gasteiger charge is 2.24. The molecule has 0 atom stereocenters. The Labute approximate surface area is 143 Å². The monoisotopic (exact) mass is 331 g/mol. The average molecular weight is 331 g/mol. The van der Waals surface area contributed by atoms with Gasteiger partial charge in [-0.1, -0.05) is 6.07 Å². The highest BCUT2D eigenvalue weighted by atomic mass is 16.2. The number of hydrogen-bond donors (Lipinski definition) is 0. The first-order chi connectivity index (χ1) is 11.5. The number of piperazine rings is 1. The zero-order valence-corrected chi connectivity index (χ0v) is 14.6. The molecule has 0 aromatic heterocycles. The molecule has 1 heterocycles. The zero-order valence-electron chi connectivity index (χ0n) is 14.6. The zero-order chi connectivity index (χ0) is 17.7. The molecule has 2 rings (SSSR count). The molecular weight excluding hydrogens is 306 g/mol. The fourth-order valence-electron chi connectivity index (χ4n) is 2.89. The molecule has 1 saturated heterocycles. The molecule has 0 spiro atoms. The van der Waals surface area contributed by atoms with E-state index in [0.717, 1.165) is 0 Å². The van der Waals surface area contributed by atoms with Gasteiger partial charge in [-0.25, -0.2) is 0 Å². The van der Waals surface area contributed by atoms with Gasteiger partial charge >= 0.3 is 0 Å². The van der Waals surface area contributed by atoms with Crippen LogP contribution in [0.3, 0.4) is 0 Å². The SMILES string of the molecule is CCN(CC)C(=O)c1cccc(C(=O)N2CCN(C(C)=O)CC2)c1. The van der Waals surface area contributed by atoms with Crippen LogP contribution in [-0.2, 0) is 4.79 Å². The minimum Gasteiger partial charge on any atom is -0.339 e. The van der Waals surface area contributed by atoms with Gasteiger partial charge in [-0.05, 0) is 32.0 Å². The van der Waals surface area contributed by atoms with E-state index in [1.807, 2.05) is 13.8 Å². The van der Waals surface area contributed by atoms with Gasteiger partial charge in [0.1, 0.15) is 0 Å². The van der Waals surface area contributed by atoms with Crippen LogP contribution in [-0.4, -0.2) is 71.7 Å². The van der Waals surface area contributed by atoms with Crippen LogP contribution in [0.5, 0.6) is 0 Å². The summed E-state index contributed by atoms with van der Waals surface area (Å²) in [4.78, 5) is 41.7. The van der Waals surface area contributed by atoms with Crippen LogP contribution in [0, 0.1) is 0 Å². The third-order valence-corrected chi connectivity index (χ3v) is 4.42. The Bertz CT molecular complexity index is 618. The molecular formula is C18H25N3O3. The van der Waals surface area contributed by atoms with Crippen molar-refractivity contribution >= 4 is 17.7 Å². The van der Waals surface area contributed by atoms with Crippen molar-refractivity contribution in [2.75, 3.05) is 39.3 Å². The van der Waals surface area contributed by atoms with E-state index in [4.69, 9.17) is 0 Å². The summed E-state index contributed by atoms with van der Waals surface area (Å²) >= 11 is 0. The molecule has 6 heteroatoms. The molecule has 6 nitrogen and oxygen atoms in total. The largest absolute Gasteiger partial charge is 0.339 e. The lowest BCUT2D eigenvalue weighted by molar-refractivity contribution is -0.130. The Morgan fingerprint density at radius 1 is 0.958 bits per heavy atom. The Balaban J connectivity index is 2.10. The second kappa shape index (κ2) is 7.95. The van der Waals surface area contributed by atoms with Crippen LogP contribution in [0.1, 0.15) is 41.5 Å². The molecule has 1 aliphatic rings. The maximum absolute atomic E-state index is 12.7. The van der Waals surface area contributed by atoms with Gasteiger partial charge in [-0.2, -0.15) is 0 Å². The molecule has 0 radical (unpaired) electrons. The van der Waals surface area contributed by atoms with Gasteiger partial charge in [0.15, 0.2) is 0 Å². The molecule has 0 saturated carbocycles. The molecule has 0 aliphatic carbocycles. The first-order valence-electron chi connectivity index (χ1n) is 8.42. The maximum atomic E-state index is 12.7. The van der Waals surface area contributed by atoms with Crippen LogP contribution >= 0.6 is 0 Å². The van der Waals surface area contributed by atoms with Gasteiger partial charge in [0.25, 0.3) is 11.8 Å². The first kappa shape index (κ1) is 18.0. The molecule has 3 amide bonds. The topological polar surface area (TPSA) is 60.9 Å². The molecule has 1 aromatic rings. The van der Waals surface area contributed by atoms with E-state index in [-0.39, 0.29) is 17.7 Å². The van der Waals surface area contributed by atoms with Crippen molar-refractivity contribution in [3.05, 3.63) is 35.4 Å². The van der Waals surface area contributed by atoms with Gasteiger partial charge < -0.3 is 14.7 Å². The van der Waals surface area contributed by atoms with E-state index in [9.17, 15) is 14.4 Å². The fourth-order valence-corrected chi connectivity index (χ4v) is 2.89. The standard InChI is InChI=1S/C18H25N3O3/c1-4-19(5-2)17(23)15-7-6-8-16(13-15)18(24)21-11-9-20(10-12-21)14(3)22/h6-8,13H,4-5,9-12H2,1-3H3. The van der Waals surface area contributed by atoms with Crippen LogP contribution in [0.25, 0.3) is 0 Å². The van der Waals surface area contributed by atoms with Crippen LogP contribution in [0.15, 0.2) is 24.3 Å². The van der Waals surface area contributed by atoms with Crippen molar-refractivity contribution in [3.63, 3.8) is 0 Å². The van der Waals surface area contributed by atoms with E-state index in [1.165, 1.54) is 0 Å². The van der Waals surface area contributed by atoms with Crippen LogP contribution in [0.4, 0.5) is 0 Å². The van der Waals surface area contributed by atoms with E-state index in [0.29, 0.717) is 50.4 Å². The van der Waals surface area contributed by atoms with Gasteiger partial charge in [0, 0.05) is 57.3 Å². The molecule has 24 heavy (non-hydrogen) atoms. The van der Waals surface area contributed by atoms with Crippen LogP contribution in [0.2, 0.25) is 0 Å². The van der Waals surface area contributed by atoms with Crippen LogP contribution < -0.4 is 0 Å². The molecule has 1 aliphatic heterocycles. The Morgan fingerprint density at radius 2 is 1.50 bits per heavy atom. The smallest absolute Gasteiger partial charge is 0.253 e. The summed E-state index contributed by atoms with van der Waals surface area (Å²) in [6, 6.07) is 6.89. The predicted octanol–water partition coefficient (Wildman–Crippen LogP) is 1.47. The summed E-state index contributed by atoms with van der Waals surface area (Å²) in [5.41, 5.74) is 1.05. The summed E-state index contributed by atoms with van der Waals surface area (Å²) in [7, 11) is 0. The third kappa shape index (κ3) is 3.93. The van der Waals surface area contributed by atoms with Gasteiger partial charge in [-0.15, -0.1) is 0 Å².